The van der Waals surface area contributed by atoms with Gasteiger partial charge in [-0.1, -0.05) is 32.6 Å². The highest BCUT2D eigenvalue weighted by molar-refractivity contribution is 5.95. The van der Waals surface area contributed by atoms with Crippen LogP contribution in [-0.4, -0.2) is 65.2 Å². The van der Waals surface area contributed by atoms with Crippen molar-refractivity contribution < 1.29 is 9.53 Å². The third-order valence-electron chi connectivity index (χ3n) is 7.56. The summed E-state index contributed by atoms with van der Waals surface area (Å²) in [5, 5.41) is 11.2. The van der Waals surface area contributed by atoms with Gasteiger partial charge in [0.1, 0.15) is 11.9 Å². The summed E-state index contributed by atoms with van der Waals surface area (Å²) >= 11 is 0. The average molecular weight is 511 g/mol. The first-order valence-corrected chi connectivity index (χ1v) is 13.3. The Bertz CT molecular complexity index is 1410. The summed E-state index contributed by atoms with van der Waals surface area (Å²) in [6.07, 6.45) is 6.03. The van der Waals surface area contributed by atoms with E-state index in [9.17, 15) is 10.1 Å². The molecule has 8 heteroatoms. The molecule has 8 nitrogen and oxygen atoms in total. The topological polar surface area (TPSA) is 95.2 Å². The van der Waals surface area contributed by atoms with E-state index in [0.29, 0.717) is 50.0 Å². The normalized spacial score (nSPS) is 17.6. The Kier molecular flexibility index (Phi) is 7.39. The van der Waals surface area contributed by atoms with Crippen LogP contribution in [0.3, 0.4) is 0 Å². The molecule has 1 saturated carbocycles. The Morgan fingerprint density at radius 2 is 2.08 bits per heavy atom. The quantitative estimate of drug-likeness (QED) is 0.430. The second-order valence-corrected chi connectivity index (χ2v) is 10.4. The first-order chi connectivity index (χ1) is 18.4. The molecule has 3 aromatic rings. The first kappa shape index (κ1) is 25.8. The van der Waals surface area contributed by atoms with Gasteiger partial charge in [0.15, 0.2) is 5.82 Å². The van der Waals surface area contributed by atoms with Crippen molar-refractivity contribution in [3.63, 3.8) is 0 Å². The van der Waals surface area contributed by atoms with Crippen molar-refractivity contribution in [2.24, 2.45) is 5.92 Å². The number of aromatic nitrogens is 3. The van der Waals surface area contributed by atoms with E-state index in [0.717, 1.165) is 46.4 Å². The molecule has 1 aliphatic heterocycles. The number of methoxy groups -OCH3 is 1. The average Bonchev–Trinajstić information content (AvgIpc) is 3.79. The minimum absolute atomic E-state index is 0.0415. The number of amides is 1. The van der Waals surface area contributed by atoms with Gasteiger partial charge < -0.3 is 14.5 Å². The van der Waals surface area contributed by atoms with Crippen LogP contribution in [-0.2, 0) is 9.53 Å². The lowest BCUT2D eigenvalue weighted by atomic mass is 9.95. The number of nitrogens with zero attached hydrogens (tertiary/aromatic N) is 6. The van der Waals surface area contributed by atoms with Gasteiger partial charge in [-0.15, -0.1) is 0 Å². The maximum atomic E-state index is 12.9. The number of rotatable bonds is 8. The number of anilines is 1. The molecule has 2 aliphatic rings. The third-order valence-corrected chi connectivity index (χ3v) is 7.56. The number of pyridine rings is 1. The molecule has 1 aliphatic carbocycles. The van der Waals surface area contributed by atoms with Crippen molar-refractivity contribution in [1.82, 2.24) is 19.9 Å². The van der Waals surface area contributed by atoms with Crippen LogP contribution in [0, 0.1) is 17.2 Å². The van der Waals surface area contributed by atoms with Crippen LogP contribution in [0.2, 0.25) is 0 Å². The molecule has 0 radical (unpaired) electrons. The monoisotopic (exact) mass is 510 g/mol. The molecule has 1 aromatic carbocycles. The fraction of sp³-hybridized carbons (Fsp3) is 0.433. The molecule has 3 heterocycles. The number of carbonyl (C=O) groups is 1. The zero-order chi connectivity index (χ0) is 26.8. The molecular weight excluding hydrogens is 476 g/mol. The van der Waals surface area contributed by atoms with Crippen molar-refractivity contribution in [3.05, 3.63) is 54.1 Å². The summed E-state index contributed by atoms with van der Waals surface area (Å²) in [6.45, 7) is 10.4. The smallest absolute Gasteiger partial charge is 0.225 e. The largest absolute Gasteiger partial charge is 0.384 e. The summed E-state index contributed by atoms with van der Waals surface area (Å²) in [5.74, 6) is 2.07. The third kappa shape index (κ3) is 4.99. The Morgan fingerprint density at radius 3 is 2.76 bits per heavy atom. The minimum atomic E-state index is 0.0415. The Morgan fingerprint density at radius 1 is 1.26 bits per heavy atom. The van der Waals surface area contributed by atoms with Crippen molar-refractivity contribution in [2.45, 2.75) is 45.1 Å². The lowest BCUT2D eigenvalue weighted by Gasteiger charge is -2.44. The molecule has 196 valence electrons. The summed E-state index contributed by atoms with van der Waals surface area (Å²) in [6, 6.07) is 10.5. The lowest BCUT2D eigenvalue weighted by Crippen LogP contribution is -2.57. The second kappa shape index (κ2) is 10.9. The van der Waals surface area contributed by atoms with Crippen LogP contribution < -0.4 is 4.90 Å². The van der Waals surface area contributed by atoms with Gasteiger partial charge in [0.25, 0.3) is 0 Å². The number of hydrogen-bond donors (Lipinski definition) is 0. The van der Waals surface area contributed by atoms with Gasteiger partial charge in [0.05, 0.1) is 35.8 Å². The summed E-state index contributed by atoms with van der Waals surface area (Å²) in [5.41, 5.74) is 4.38. The zero-order valence-corrected chi connectivity index (χ0v) is 22.4. The van der Waals surface area contributed by atoms with E-state index in [2.05, 4.69) is 47.4 Å². The highest BCUT2D eigenvalue weighted by atomic mass is 16.5. The van der Waals surface area contributed by atoms with Crippen molar-refractivity contribution in [2.75, 3.05) is 38.3 Å². The van der Waals surface area contributed by atoms with Crippen LogP contribution in [0.4, 0.5) is 5.82 Å². The predicted molar refractivity (Wildman–Crippen MR) is 149 cm³/mol. The van der Waals surface area contributed by atoms with Gasteiger partial charge in [-0.25, -0.2) is 15.0 Å². The van der Waals surface area contributed by atoms with Gasteiger partial charge in [0.2, 0.25) is 5.91 Å². The van der Waals surface area contributed by atoms with Crippen LogP contribution in [0.25, 0.3) is 28.1 Å². The molecule has 0 spiro atoms. The Balaban J connectivity index is 1.54. The molecule has 2 aromatic heterocycles. The molecule has 0 unspecified atom stereocenters. The van der Waals surface area contributed by atoms with Crippen molar-refractivity contribution in [3.8, 4) is 17.2 Å². The number of piperazine rings is 1. The number of fused-ring (bicyclic) bond motifs is 1. The molecule has 0 N–H and O–H groups in total. The molecule has 2 fully saturated rings. The van der Waals surface area contributed by atoms with E-state index in [1.807, 2.05) is 29.3 Å². The van der Waals surface area contributed by atoms with E-state index in [4.69, 9.17) is 9.72 Å². The highest BCUT2D eigenvalue weighted by Crippen LogP contribution is 2.46. The van der Waals surface area contributed by atoms with Gasteiger partial charge >= 0.3 is 0 Å². The molecule has 38 heavy (non-hydrogen) atoms. The van der Waals surface area contributed by atoms with E-state index in [1.54, 1.807) is 13.2 Å². The van der Waals surface area contributed by atoms with Crippen molar-refractivity contribution >= 4 is 28.7 Å². The SMILES string of the molecule is C=Cc1ncc2c(-c3cc(C#N)c(N4CCN(C(=O)CCOC)[C@H](C(C)C)C4)nc3C3CC3)cccc2n1. The lowest BCUT2D eigenvalue weighted by molar-refractivity contribution is -0.135. The van der Waals surface area contributed by atoms with Crippen LogP contribution in [0.1, 0.15) is 56.1 Å². The van der Waals surface area contributed by atoms with Crippen LogP contribution in [0.5, 0.6) is 0 Å². The Labute approximate surface area is 224 Å². The molecular formula is C30H34N6O2. The zero-order valence-electron chi connectivity index (χ0n) is 22.4. The van der Waals surface area contributed by atoms with E-state index in [-0.39, 0.29) is 17.9 Å². The van der Waals surface area contributed by atoms with Gasteiger partial charge in [0, 0.05) is 49.8 Å². The number of benzene rings is 1. The Hall–Kier alpha value is -3.83. The van der Waals surface area contributed by atoms with E-state index >= 15 is 0 Å². The van der Waals surface area contributed by atoms with Gasteiger partial charge in [-0.3, -0.25) is 4.79 Å². The highest BCUT2D eigenvalue weighted by Gasteiger charge is 2.35. The number of carbonyl (C=O) groups excluding carboxylic acids is 1. The summed E-state index contributed by atoms with van der Waals surface area (Å²) < 4.78 is 5.13. The molecule has 1 atom stereocenters. The summed E-state index contributed by atoms with van der Waals surface area (Å²) in [7, 11) is 1.62. The number of hydrogen-bond acceptors (Lipinski definition) is 7. The predicted octanol–water partition coefficient (Wildman–Crippen LogP) is 4.79. The molecule has 1 amide bonds. The molecule has 5 rings (SSSR count). The fourth-order valence-corrected chi connectivity index (χ4v) is 5.34. The van der Waals surface area contributed by atoms with Crippen LogP contribution >= 0.6 is 0 Å². The fourth-order valence-electron chi connectivity index (χ4n) is 5.34. The van der Waals surface area contributed by atoms with E-state index in [1.165, 1.54) is 0 Å². The maximum Gasteiger partial charge on any atom is 0.225 e. The van der Waals surface area contributed by atoms with Gasteiger partial charge in [-0.05, 0) is 42.5 Å². The van der Waals surface area contributed by atoms with E-state index < -0.39 is 0 Å². The summed E-state index contributed by atoms with van der Waals surface area (Å²) in [4.78, 5) is 31.3. The standard InChI is InChI=1S/C30H34N6O2/c1-5-27-32-17-24-22(7-6-8-25(24)33-27)23-15-21(16-31)30(34-29(23)20-9-10-20)35-12-13-36(26(18-35)19(2)3)28(37)11-14-38-4/h5-8,15,17,19-20,26H,1,9-14,18H2,2-4H3/t26-/m0/s1. The number of nitriles is 1. The second-order valence-electron chi connectivity index (χ2n) is 10.4. The minimum Gasteiger partial charge on any atom is -0.384 e. The van der Waals surface area contributed by atoms with Crippen molar-refractivity contribution in [1.29, 1.82) is 5.26 Å². The first-order valence-electron chi connectivity index (χ1n) is 13.3. The molecule has 0 bridgehead atoms. The molecule has 1 saturated heterocycles. The maximum absolute atomic E-state index is 12.9. The number of ether oxygens (including phenoxy) is 1. The van der Waals surface area contributed by atoms with Gasteiger partial charge in [-0.2, -0.15) is 5.26 Å². The van der Waals surface area contributed by atoms with Crippen LogP contribution in [0.15, 0.2) is 37.0 Å².